The molecule has 2 aliphatic rings. The van der Waals surface area contributed by atoms with Crippen molar-refractivity contribution in [3.63, 3.8) is 0 Å². The van der Waals surface area contributed by atoms with Gasteiger partial charge in [-0.15, -0.1) is 0 Å². The predicted molar refractivity (Wildman–Crippen MR) is 84.4 cm³/mol. The van der Waals surface area contributed by atoms with Crippen molar-refractivity contribution in [2.24, 2.45) is 17.8 Å². The number of ether oxygens (including phenoxy) is 1. The number of aliphatic hydroxyl groups is 1. The molecule has 0 spiro atoms. The van der Waals surface area contributed by atoms with Gasteiger partial charge in [-0.25, -0.2) is 0 Å². The Hall–Kier alpha value is -1.32. The molecule has 1 fully saturated rings. The molecule has 2 N–H and O–H groups in total. The number of hydrogen-bond acceptors (Lipinski definition) is 3. The van der Waals surface area contributed by atoms with Crippen LogP contribution in [-0.2, 0) is 0 Å². The molecular weight excluding hydrogens is 262 g/mol. The molecule has 3 rings (SSSR count). The third-order valence-corrected chi connectivity index (χ3v) is 4.67. The van der Waals surface area contributed by atoms with Crippen LogP contribution in [0.25, 0.3) is 0 Å². The number of nitrogens with one attached hydrogen (secondary N) is 1. The summed E-state index contributed by atoms with van der Waals surface area (Å²) in [5, 5.41) is 13.4. The molecule has 21 heavy (non-hydrogen) atoms. The third-order valence-electron chi connectivity index (χ3n) is 4.67. The van der Waals surface area contributed by atoms with Crippen molar-refractivity contribution in [1.82, 2.24) is 5.32 Å². The van der Waals surface area contributed by atoms with Gasteiger partial charge < -0.3 is 15.2 Å². The van der Waals surface area contributed by atoms with E-state index >= 15 is 0 Å². The first-order valence-electron chi connectivity index (χ1n) is 7.97. The number of allylic oxidation sites excluding steroid dienone is 2. The fourth-order valence-corrected chi connectivity index (χ4v) is 3.45. The summed E-state index contributed by atoms with van der Waals surface area (Å²) in [6, 6.07) is 7.92. The first-order valence-corrected chi connectivity index (χ1v) is 7.97. The lowest BCUT2D eigenvalue weighted by Gasteiger charge is -2.20. The third kappa shape index (κ3) is 3.86. The molecule has 1 aromatic carbocycles. The van der Waals surface area contributed by atoms with Gasteiger partial charge in [-0.1, -0.05) is 29.8 Å². The maximum Gasteiger partial charge on any atom is 0.119 e. The first-order chi connectivity index (χ1) is 10.2. The van der Waals surface area contributed by atoms with E-state index in [2.05, 4.69) is 17.5 Å². The summed E-state index contributed by atoms with van der Waals surface area (Å²) >= 11 is 0. The van der Waals surface area contributed by atoms with E-state index in [9.17, 15) is 5.11 Å². The van der Waals surface area contributed by atoms with Crippen molar-refractivity contribution < 1.29 is 9.84 Å². The van der Waals surface area contributed by atoms with Crippen molar-refractivity contribution in [3.8, 4) is 5.75 Å². The molecule has 2 aliphatic carbocycles. The van der Waals surface area contributed by atoms with Crippen molar-refractivity contribution >= 4 is 0 Å². The van der Waals surface area contributed by atoms with E-state index in [-0.39, 0.29) is 0 Å². The summed E-state index contributed by atoms with van der Waals surface area (Å²) in [7, 11) is 0. The lowest BCUT2D eigenvalue weighted by molar-refractivity contribution is 0.105. The van der Waals surface area contributed by atoms with Crippen LogP contribution in [0.4, 0.5) is 0 Å². The highest BCUT2D eigenvalue weighted by atomic mass is 16.5. The van der Waals surface area contributed by atoms with E-state index in [0.717, 1.165) is 30.0 Å². The fraction of sp³-hybridized carbons (Fsp3) is 0.556. The maximum absolute atomic E-state index is 9.97. The average molecular weight is 287 g/mol. The van der Waals surface area contributed by atoms with Crippen molar-refractivity contribution in [2.75, 3.05) is 19.7 Å². The Balaban J connectivity index is 1.32. The SMILES string of the molecule is Cc1ccc(OCC(O)CNCC2CC3C=CC2C3)cc1. The zero-order chi connectivity index (χ0) is 14.7. The first kappa shape index (κ1) is 14.6. The molecule has 0 radical (unpaired) electrons. The Bertz CT molecular complexity index is 482. The summed E-state index contributed by atoms with van der Waals surface area (Å²) in [6.45, 7) is 4.00. The molecule has 0 aromatic heterocycles. The molecule has 1 aromatic rings. The monoisotopic (exact) mass is 287 g/mol. The van der Waals surface area contributed by atoms with Crippen LogP contribution < -0.4 is 10.1 Å². The van der Waals surface area contributed by atoms with Crippen LogP contribution in [0.2, 0.25) is 0 Å². The van der Waals surface area contributed by atoms with Crippen LogP contribution in [0.3, 0.4) is 0 Å². The van der Waals surface area contributed by atoms with Gasteiger partial charge in [-0.3, -0.25) is 0 Å². The molecule has 1 saturated carbocycles. The van der Waals surface area contributed by atoms with Crippen LogP contribution in [0, 0.1) is 24.7 Å². The zero-order valence-electron chi connectivity index (χ0n) is 12.7. The van der Waals surface area contributed by atoms with Gasteiger partial charge in [0.15, 0.2) is 0 Å². The van der Waals surface area contributed by atoms with Crippen molar-refractivity contribution in [2.45, 2.75) is 25.9 Å². The molecule has 0 heterocycles. The van der Waals surface area contributed by atoms with Gasteiger partial charge in [-0.2, -0.15) is 0 Å². The summed E-state index contributed by atoms with van der Waals surface area (Å²) in [5.74, 6) is 3.16. The van der Waals surface area contributed by atoms with Gasteiger partial charge in [0, 0.05) is 6.54 Å². The number of fused-ring (bicyclic) bond motifs is 2. The molecule has 0 saturated heterocycles. The Morgan fingerprint density at radius 3 is 2.71 bits per heavy atom. The van der Waals surface area contributed by atoms with Crippen LogP contribution >= 0.6 is 0 Å². The van der Waals surface area contributed by atoms with Gasteiger partial charge in [0.1, 0.15) is 18.5 Å². The van der Waals surface area contributed by atoms with Crippen LogP contribution in [0.5, 0.6) is 5.75 Å². The second-order valence-electron chi connectivity index (χ2n) is 6.48. The van der Waals surface area contributed by atoms with Crippen molar-refractivity contribution in [1.29, 1.82) is 0 Å². The maximum atomic E-state index is 9.97. The largest absolute Gasteiger partial charge is 0.491 e. The lowest BCUT2D eigenvalue weighted by atomic mass is 9.93. The minimum absolute atomic E-state index is 0.340. The van der Waals surface area contributed by atoms with E-state index in [0.29, 0.717) is 13.2 Å². The highest BCUT2D eigenvalue weighted by molar-refractivity contribution is 5.26. The van der Waals surface area contributed by atoms with E-state index in [1.165, 1.54) is 18.4 Å². The molecule has 114 valence electrons. The Kier molecular flexibility index (Phi) is 4.61. The fourth-order valence-electron chi connectivity index (χ4n) is 3.45. The summed E-state index contributed by atoms with van der Waals surface area (Å²) in [6.07, 6.45) is 6.93. The number of rotatable bonds is 7. The highest BCUT2D eigenvalue weighted by Crippen LogP contribution is 2.42. The van der Waals surface area contributed by atoms with Gasteiger partial charge in [0.2, 0.25) is 0 Å². The number of benzene rings is 1. The zero-order valence-corrected chi connectivity index (χ0v) is 12.7. The highest BCUT2D eigenvalue weighted by Gasteiger charge is 2.34. The van der Waals surface area contributed by atoms with Crippen LogP contribution in [0.15, 0.2) is 36.4 Å². The molecule has 2 bridgehead atoms. The van der Waals surface area contributed by atoms with E-state index in [4.69, 9.17) is 4.74 Å². The predicted octanol–water partition coefficient (Wildman–Crippen LogP) is 2.54. The lowest BCUT2D eigenvalue weighted by Crippen LogP contribution is -2.35. The van der Waals surface area contributed by atoms with E-state index in [1.807, 2.05) is 31.2 Å². The topological polar surface area (TPSA) is 41.5 Å². The quantitative estimate of drug-likeness (QED) is 0.757. The number of hydrogen-bond donors (Lipinski definition) is 2. The smallest absolute Gasteiger partial charge is 0.119 e. The minimum Gasteiger partial charge on any atom is -0.491 e. The van der Waals surface area contributed by atoms with E-state index < -0.39 is 6.10 Å². The Labute approximate surface area is 127 Å². The molecule has 4 unspecified atom stereocenters. The second kappa shape index (κ2) is 6.63. The standard InChI is InChI=1S/C18H25NO2/c1-13-2-6-18(7-3-13)21-12-17(20)11-19-10-16-9-14-4-5-15(16)8-14/h2-7,14-17,19-20H,8-12H2,1H3. The van der Waals surface area contributed by atoms with Gasteiger partial charge in [0.25, 0.3) is 0 Å². The summed E-state index contributed by atoms with van der Waals surface area (Å²) in [4.78, 5) is 0. The molecule has 0 amide bonds. The molecule has 3 heteroatoms. The second-order valence-corrected chi connectivity index (χ2v) is 6.48. The average Bonchev–Trinajstić information content (AvgIpc) is 3.09. The van der Waals surface area contributed by atoms with E-state index in [1.54, 1.807) is 0 Å². The summed E-state index contributed by atoms with van der Waals surface area (Å²) in [5.41, 5.74) is 1.21. The van der Waals surface area contributed by atoms with Crippen molar-refractivity contribution in [3.05, 3.63) is 42.0 Å². The van der Waals surface area contributed by atoms with Crippen LogP contribution in [-0.4, -0.2) is 30.9 Å². The molecule has 4 atom stereocenters. The molecule has 0 aliphatic heterocycles. The minimum atomic E-state index is -0.458. The summed E-state index contributed by atoms with van der Waals surface area (Å²) < 4.78 is 5.59. The normalized spacial score (nSPS) is 28.0. The Morgan fingerprint density at radius 1 is 1.24 bits per heavy atom. The van der Waals surface area contributed by atoms with Gasteiger partial charge >= 0.3 is 0 Å². The van der Waals surface area contributed by atoms with Gasteiger partial charge in [-0.05, 0) is 56.2 Å². The number of aliphatic hydroxyl groups excluding tert-OH is 1. The number of aryl methyl sites for hydroxylation is 1. The Morgan fingerprint density at radius 2 is 2.05 bits per heavy atom. The molecular formula is C18H25NO2. The van der Waals surface area contributed by atoms with Gasteiger partial charge in [0.05, 0.1) is 0 Å². The van der Waals surface area contributed by atoms with Crippen LogP contribution in [0.1, 0.15) is 18.4 Å². The molecule has 3 nitrogen and oxygen atoms in total.